The van der Waals surface area contributed by atoms with Crippen molar-refractivity contribution in [1.82, 2.24) is 15.1 Å². The number of aliphatic imine (C=N–C) groups is 1. The summed E-state index contributed by atoms with van der Waals surface area (Å²) in [5.41, 5.74) is 1.73. The summed E-state index contributed by atoms with van der Waals surface area (Å²) in [7, 11) is 5.23. The van der Waals surface area contributed by atoms with Gasteiger partial charge in [-0.15, -0.1) is 0 Å². The van der Waals surface area contributed by atoms with Crippen LogP contribution in [0.15, 0.2) is 29.3 Å². The number of nitrogens with one attached hydrogen (secondary N) is 1. The van der Waals surface area contributed by atoms with Crippen LogP contribution in [-0.2, 0) is 11.2 Å². The average molecular weight is 387 g/mol. The van der Waals surface area contributed by atoms with Crippen LogP contribution in [0.1, 0.15) is 37.7 Å². The van der Waals surface area contributed by atoms with E-state index in [4.69, 9.17) is 4.74 Å². The highest BCUT2D eigenvalue weighted by molar-refractivity contribution is 5.85. The lowest BCUT2D eigenvalue weighted by molar-refractivity contribution is -0.127. The zero-order valence-electron chi connectivity index (χ0n) is 17.5. The number of carbonyl (C=O) groups excluding carboxylic acids is 1. The number of guanidine groups is 1. The van der Waals surface area contributed by atoms with Crippen LogP contribution in [-0.4, -0.2) is 69.1 Å². The molecule has 0 aromatic heterocycles. The fourth-order valence-corrected chi connectivity index (χ4v) is 4.31. The number of likely N-dealkylation sites (tertiary alicyclic amines) is 1. The van der Waals surface area contributed by atoms with E-state index < -0.39 is 0 Å². The van der Waals surface area contributed by atoms with E-state index in [2.05, 4.69) is 27.3 Å². The number of carbonyl (C=O) groups is 1. The van der Waals surface area contributed by atoms with Gasteiger partial charge in [-0.05, 0) is 48.8 Å². The van der Waals surface area contributed by atoms with Gasteiger partial charge in [0.2, 0.25) is 5.91 Å². The molecule has 3 rings (SSSR count). The lowest BCUT2D eigenvalue weighted by Gasteiger charge is -2.26. The van der Waals surface area contributed by atoms with E-state index in [1.165, 1.54) is 37.7 Å². The van der Waals surface area contributed by atoms with Crippen molar-refractivity contribution in [3.8, 4) is 5.75 Å². The Morgan fingerprint density at radius 2 is 1.93 bits per heavy atom. The lowest BCUT2D eigenvalue weighted by Crippen LogP contribution is -2.42. The van der Waals surface area contributed by atoms with Crippen molar-refractivity contribution < 1.29 is 9.53 Å². The molecule has 1 saturated heterocycles. The second-order valence-electron chi connectivity index (χ2n) is 8.33. The number of ether oxygens (including phenoxy) is 1. The highest BCUT2D eigenvalue weighted by atomic mass is 16.5. The fourth-order valence-electron chi connectivity index (χ4n) is 4.31. The average Bonchev–Trinajstić information content (AvgIpc) is 3.34. The molecular weight excluding hydrogens is 352 g/mol. The summed E-state index contributed by atoms with van der Waals surface area (Å²) < 4.78 is 5.22. The highest BCUT2D eigenvalue weighted by Crippen LogP contribution is 2.45. The van der Waals surface area contributed by atoms with Crippen LogP contribution in [0, 0.1) is 5.41 Å². The molecule has 0 radical (unpaired) electrons. The van der Waals surface area contributed by atoms with Crippen LogP contribution in [0.3, 0.4) is 0 Å². The third kappa shape index (κ3) is 5.18. The molecule has 1 spiro atoms. The van der Waals surface area contributed by atoms with Gasteiger partial charge in [0.15, 0.2) is 5.96 Å². The van der Waals surface area contributed by atoms with Crippen molar-refractivity contribution in [3.05, 3.63) is 29.8 Å². The van der Waals surface area contributed by atoms with Crippen molar-refractivity contribution in [2.24, 2.45) is 10.4 Å². The van der Waals surface area contributed by atoms with Gasteiger partial charge in [0, 0.05) is 33.7 Å². The topological polar surface area (TPSA) is 57.2 Å². The van der Waals surface area contributed by atoms with E-state index in [1.807, 2.05) is 12.1 Å². The molecular formula is C22H34N4O2. The van der Waals surface area contributed by atoms with Crippen LogP contribution in [0.25, 0.3) is 0 Å². The number of hydrogen-bond acceptors (Lipinski definition) is 3. The first-order valence-corrected chi connectivity index (χ1v) is 10.4. The predicted octanol–water partition coefficient (Wildman–Crippen LogP) is 2.54. The molecule has 28 heavy (non-hydrogen) atoms. The maximum atomic E-state index is 12.0. The lowest BCUT2D eigenvalue weighted by atomic mass is 9.86. The van der Waals surface area contributed by atoms with Crippen molar-refractivity contribution in [3.63, 3.8) is 0 Å². The second-order valence-corrected chi connectivity index (χ2v) is 8.33. The van der Waals surface area contributed by atoms with Crippen LogP contribution in [0.4, 0.5) is 0 Å². The minimum Gasteiger partial charge on any atom is -0.497 e. The Morgan fingerprint density at radius 1 is 1.21 bits per heavy atom. The smallest absolute Gasteiger partial charge is 0.243 e. The third-order valence-corrected chi connectivity index (χ3v) is 6.12. The molecule has 0 atom stereocenters. The molecule has 1 N–H and O–H groups in total. The maximum absolute atomic E-state index is 12.0. The van der Waals surface area contributed by atoms with E-state index in [0.29, 0.717) is 5.41 Å². The zero-order valence-corrected chi connectivity index (χ0v) is 17.5. The number of amides is 1. The monoisotopic (exact) mass is 386 g/mol. The Balaban J connectivity index is 1.60. The van der Waals surface area contributed by atoms with Gasteiger partial charge in [0.25, 0.3) is 0 Å². The number of nitrogens with zero attached hydrogens (tertiary/aromatic N) is 3. The molecule has 1 aliphatic carbocycles. The van der Waals surface area contributed by atoms with Crippen LogP contribution in [0.2, 0.25) is 0 Å². The van der Waals surface area contributed by atoms with Gasteiger partial charge in [-0.2, -0.15) is 0 Å². The predicted molar refractivity (Wildman–Crippen MR) is 113 cm³/mol. The Bertz CT molecular complexity index is 678. The van der Waals surface area contributed by atoms with Gasteiger partial charge in [0.1, 0.15) is 12.3 Å². The summed E-state index contributed by atoms with van der Waals surface area (Å²) in [5.74, 6) is 1.79. The molecule has 154 valence electrons. The van der Waals surface area contributed by atoms with Crippen molar-refractivity contribution in [2.75, 3.05) is 47.4 Å². The van der Waals surface area contributed by atoms with E-state index in [9.17, 15) is 4.79 Å². The van der Waals surface area contributed by atoms with Gasteiger partial charge in [-0.25, -0.2) is 4.99 Å². The van der Waals surface area contributed by atoms with Crippen molar-refractivity contribution >= 4 is 11.9 Å². The molecule has 2 fully saturated rings. The molecule has 1 heterocycles. The SMILES string of the molecule is COc1ccc(CCNC(=NCC(=O)N(C)C)N2CCC3(CCCC3)C2)cc1. The van der Waals surface area contributed by atoms with Gasteiger partial charge in [-0.3, -0.25) is 4.79 Å². The summed E-state index contributed by atoms with van der Waals surface area (Å²) >= 11 is 0. The van der Waals surface area contributed by atoms with E-state index in [0.717, 1.165) is 37.8 Å². The maximum Gasteiger partial charge on any atom is 0.243 e. The second kappa shape index (κ2) is 9.30. The number of hydrogen-bond donors (Lipinski definition) is 1. The van der Waals surface area contributed by atoms with E-state index >= 15 is 0 Å². The van der Waals surface area contributed by atoms with Crippen molar-refractivity contribution in [1.29, 1.82) is 0 Å². The molecule has 1 aromatic rings. The Hall–Kier alpha value is -2.24. The molecule has 0 unspecified atom stereocenters. The quantitative estimate of drug-likeness (QED) is 0.603. The van der Waals surface area contributed by atoms with Crippen LogP contribution in [0.5, 0.6) is 5.75 Å². The van der Waals surface area contributed by atoms with Gasteiger partial charge in [-0.1, -0.05) is 25.0 Å². The number of rotatable bonds is 6. The standard InChI is InChI=1S/C22H34N4O2/c1-25(2)20(27)16-24-21(26-15-13-22(17-26)11-4-5-12-22)23-14-10-18-6-8-19(28-3)9-7-18/h6-9H,4-5,10-17H2,1-3H3,(H,23,24). The minimum atomic E-state index is 0.0317. The third-order valence-electron chi connectivity index (χ3n) is 6.12. The number of methoxy groups -OCH3 is 1. The van der Waals surface area contributed by atoms with Crippen LogP contribution < -0.4 is 10.1 Å². The first-order valence-electron chi connectivity index (χ1n) is 10.4. The number of benzene rings is 1. The van der Waals surface area contributed by atoms with Gasteiger partial charge >= 0.3 is 0 Å². The van der Waals surface area contributed by atoms with E-state index in [-0.39, 0.29) is 12.5 Å². The molecule has 6 heteroatoms. The Kier molecular flexibility index (Phi) is 6.81. The highest BCUT2D eigenvalue weighted by Gasteiger charge is 2.41. The normalized spacial score (nSPS) is 18.5. The van der Waals surface area contributed by atoms with Gasteiger partial charge in [0.05, 0.1) is 7.11 Å². The largest absolute Gasteiger partial charge is 0.497 e. The fraction of sp³-hybridized carbons (Fsp3) is 0.636. The Morgan fingerprint density at radius 3 is 2.57 bits per heavy atom. The summed E-state index contributed by atoms with van der Waals surface area (Å²) in [6.45, 7) is 3.09. The van der Waals surface area contributed by atoms with E-state index in [1.54, 1.807) is 26.1 Å². The minimum absolute atomic E-state index is 0.0317. The first kappa shape index (κ1) is 20.5. The van der Waals surface area contributed by atoms with Gasteiger partial charge < -0.3 is 19.9 Å². The van der Waals surface area contributed by atoms with Crippen LogP contribution >= 0.6 is 0 Å². The molecule has 1 aliphatic heterocycles. The summed E-state index contributed by atoms with van der Waals surface area (Å²) in [6, 6.07) is 8.17. The molecule has 6 nitrogen and oxygen atoms in total. The molecule has 1 saturated carbocycles. The van der Waals surface area contributed by atoms with Crippen molar-refractivity contribution in [2.45, 2.75) is 38.5 Å². The molecule has 1 amide bonds. The zero-order chi connectivity index (χ0) is 20.0. The summed E-state index contributed by atoms with van der Waals surface area (Å²) in [4.78, 5) is 20.7. The summed E-state index contributed by atoms with van der Waals surface area (Å²) in [6.07, 6.45) is 7.52. The number of likely N-dealkylation sites (N-methyl/N-ethyl adjacent to an activating group) is 1. The Labute approximate surface area is 168 Å². The molecule has 2 aliphatic rings. The first-order chi connectivity index (χ1) is 13.5. The molecule has 1 aromatic carbocycles. The molecule has 0 bridgehead atoms. The summed E-state index contributed by atoms with van der Waals surface area (Å²) in [5, 5.41) is 3.51.